The van der Waals surface area contributed by atoms with Gasteiger partial charge in [-0.2, -0.15) is 0 Å². The number of benzene rings is 3. The number of carbonyl (C=O) groups excluding carboxylic acids is 1. The van der Waals surface area contributed by atoms with Gasteiger partial charge >= 0.3 is 5.97 Å². The van der Waals surface area contributed by atoms with Gasteiger partial charge in [0.25, 0.3) is 0 Å². The summed E-state index contributed by atoms with van der Waals surface area (Å²) < 4.78 is 17.4. The highest BCUT2D eigenvalue weighted by Gasteiger charge is 2.15. The Labute approximate surface area is 181 Å². The van der Waals surface area contributed by atoms with Crippen LogP contribution in [0.2, 0.25) is 0 Å². The Hall–Kier alpha value is -3.38. The number of esters is 1. The van der Waals surface area contributed by atoms with Gasteiger partial charge in [0.1, 0.15) is 22.8 Å². The standard InChI is InChI=1S/C24H17BrO5/c1-14-22(15-5-9-18(28-2)10-6-15)23(26)20-12-11-19(13-21(20)29-14)30-24(27)16-3-7-17(25)8-4-16/h3-13H,1-2H3. The molecule has 150 valence electrons. The van der Waals surface area contributed by atoms with Crippen molar-refractivity contribution in [3.8, 4) is 22.6 Å². The maximum Gasteiger partial charge on any atom is 0.343 e. The Morgan fingerprint density at radius 1 is 0.933 bits per heavy atom. The van der Waals surface area contributed by atoms with Gasteiger partial charge in [-0.3, -0.25) is 4.79 Å². The zero-order chi connectivity index (χ0) is 21.3. The smallest absolute Gasteiger partial charge is 0.343 e. The first kappa shape index (κ1) is 19.9. The van der Waals surface area contributed by atoms with Gasteiger partial charge in [0.2, 0.25) is 5.43 Å². The van der Waals surface area contributed by atoms with Crippen molar-refractivity contribution >= 4 is 32.9 Å². The second kappa shape index (κ2) is 8.16. The van der Waals surface area contributed by atoms with Crippen molar-refractivity contribution < 1.29 is 18.7 Å². The molecule has 0 aliphatic carbocycles. The van der Waals surface area contributed by atoms with Crippen LogP contribution in [0.1, 0.15) is 16.1 Å². The van der Waals surface area contributed by atoms with E-state index in [9.17, 15) is 9.59 Å². The summed E-state index contributed by atoms with van der Waals surface area (Å²) in [5, 5.41) is 0.412. The van der Waals surface area contributed by atoms with Gasteiger partial charge in [-0.25, -0.2) is 4.79 Å². The number of ether oxygens (including phenoxy) is 2. The third-order valence-electron chi connectivity index (χ3n) is 4.71. The largest absolute Gasteiger partial charge is 0.497 e. The Bertz CT molecular complexity index is 1290. The summed E-state index contributed by atoms with van der Waals surface area (Å²) in [7, 11) is 1.59. The van der Waals surface area contributed by atoms with Gasteiger partial charge in [0.15, 0.2) is 0 Å². The van der Waals surface area contributed by atoms with Crippen molar-refractivity contribution in [3.63, 3.8) is 0 Å². The quantitative estimate of drug-likeness (QED) is 0.283. The van der Waals surface area contributed by atoms with Crippen molar-refractivity contribution in [1.29, 1.82) is 0 Å². The topological polar surface area (TPSA) is 65.7 Å². The molecule has 0 radical (unpaired) electrons. The van der Waals surface area contributed by atoms with Crippen LogP contribution in [-0.2, 0) is 0 Å². The summed E-state index contributed by atoms with van der Waals surface area (Å²) in [6.45, 7) is 1.74. The second-order valence-corrected chi connectivity index (χ2v) is 7.56. The molecule has 0 atom stereocenters. The molecule has 30 heavy (non-hydrogen) atoms. The molecule has 0 aliphatic heterocycles. The predicted molar refractivity (Wildman–Crippen MR) is 118 cm³/mol. The number of halogens is 1. The van der Waals surface area contributed by atoms with E-state index in [0.29, 0.717) is 39.4 Å². The number of carbonyl (C=O) groups is 1. The summed E-state index contributed by atoms with van der Waals surface area (Å²) in [5.41, 5.74) is 1.87. The second-order valence-electron chi connectivity index (χ2n) is 6.65. The number of fused-ring (bicyclic) bond motifs is 1. The zero-order valence-electron chi connectivity index (χ0n) is 16.3. The Kier molecular flexibility index (Phi) is 5.42. The van der Waals surface area contributed by atoms with Crippen molar-refractivity contribution in [3.05, 3.63) is 92.7 Å². The monoisotopic (exact) mass is 464 g/mol. The van der Waals surface area contributed by atoms with E-state index in [1.807, 2.05) is 12.1 Å². The van der Waals surface area contributed by atoms with E-state index in [1.54, 1.807) is 68.6 Å². The minimum Gasteiger partial charge on any atom is -0.497 e. The van der Waals surface area contributed by atoms with E-state index in [2.05, 4.69) is 15.9 Å². The van der Waals surface area contributed by atoms with Crippen LogP contribution in [0.3, 0.4) is 0 Å². The van der Waals surface area contributed by atoms with Crippen molar-refractivity contribution in [1.82, 2.24) is 0 Å². The maximum absolute atomic E-state index is 13.1. The van der Waals surface area contributed by atoms with Crippen LogP contribution in [0.5, 0.6) is 11.5 Å². The molecule has 3 aromatic carbocycles. The number of methoxy groups -OCH3 is 1. The van der Waals surface area contributed by atoms with E-state index in [4.69, 9.17) is 13.9 Å². The number of hydrogen-bond acceptors (Lipinski definition) is 5. The van der Waals surface area contributed by atoms with Crippen molar-refractivity contribution in [2.75, 3.05) is 7.11 Å². The van der Waals surface area contributed by atoms with Gasteiger partial charge in [-0.05, 0) is 61.0 Å². The SMILES string of the molecule is COc1ccc(-c2c(C)oc3cc(OC(=O)c4ccc(Br)cc4)ccc3c2=O)cc1. The van der Waals surface area contributed by atoms with Crippen molar-refractivity contribution in [2.24, 2.45) is 0 Å². The highest BCUT2D eigenvalue weighted by atomic mass is 79.9. The molecule has 4 aromatic rings. The molecular weight excluding hydrogens is 448 g/mol. The third kappa shape index (κ3) is 3.86. The minimum atomic E-state index is -0.490. The molecule has 0 unspecified atom stereocenters. The summed E-state index contributed by atoms with van der Waals surface area (Å²) >= 11 is 3.33. The highest BCUT2D eigenvalue weighted by Crippen LogP contribution is 2.28. The fourth-order valence-electron chi connectivity index (χ4n) is 3.19. The third-order valence-corrected chi connectivity index (χ3v) is 5.24. The number of aryl methyl sites for hydroxylation is 1. The molecule has 1 heterocycles. The summed E-state index contributed by atoms with van der Waals surface area (Å²) in [5.74, 6) is 0.999. The van der Waals surface area contributed by atoms with Gasteiger partial charge in [-0.1, -0.05) is 28.1 Å². The van der Waals surface area contributed by atoms with Gasteiger partial charge in [0.05, 0.1) is 23.6 Å². The lowest BCUT2D eigenvalue weighted by molar-refractivity contribution is 0.0735. The van der Waals surface area contributed by atoms with E-state index in [1.165, 1.54) is 0 Å². The molecule has 6 heteroatoms. The van der Waals surface area contributed by atoms with E-state index >= 15 is 0 Å². The Morgan fingerprint density at radius 2 is 1.60 bits per heavy atom. The number of hydrogen-bond donors (Lipinski definition) is 0. The van der Waals surface area contributed by atoms with Crippen LogP contribution in [0.4, 0.5) is 0 Å². The molecule has 0 fully saturated rings. The lowest BCUT2D eigenvalue weighted by Gasteiger charge is -2.09. The zero-order valence-corrected chi connectivity index (χ0v) is 17.9. The van der Waals surface area contributed by atoms with Crippen LogP contribution in [0.25, 0.3) is 22.1 Å². The van der Waals surface area contributed by atoms with Gasteiger partial charge < -0.3 is 13.9 Å². The molecular formula is C24H17BrO5. The molecule has 0 bridgehead atoms. The molecule has 0 aliphatic rings. The molecule has 0 N–H and O–H groups in total. The first-order chi connectivity index (χ1) is 14.5. The molecule has 0 spiro atoms. The molecule has 4 rings (SSSR count). The number of rotatable bonds is 4. The van der Waals surface area contributed by atoms with E-state index in [-0.39, 0.29) is 5.43 Å². The maximum atomic E-state index is 13.1. The van der Waals surface area contributed by atoms with E-state index < -0.39 is 5.97 Å². The Balaban J connectivity index is 1.69. The van der Waals surface area contributed by atoms with Crippen LogP contribution >= 0.6 is 15.9 Å². The molecule has 0 amide bonds. The molecule has 1 aromatic heterocycles. The van der Waals surface area contributed by atoms with Crippen molar-refractivity contribution in [2.45, 2.75) is 6.92 Å². The van der Waals surface area contributed by atoms with Crippen LogP contribution in [0, 0.1) is 6.92 Å². The Morgan fingerprint density at radius 3 is 2.27 bits per heavy atom. The lowest BCUT2D eigenvalue weighted by atomic mass is 10.0. The first-order valence-corrected chi connectivity index (χ1v) is 9.95. The average molecular weight is 465 g/mol. The summed E-state index contributed by atoms with van der Waals surface area (Å²) in [6.07, 6.45) is 0. The van der Waals surface area contributed by atoms with E-state index in [0.717, 1.165) is 10.0 Å². The van der Waals surface area contributed by atoms with Crippen LogP contribution < -0.4 is 14.9 Å². The summed E-state index contributed by atoms with van der Waals surface area (Å²) in [4.78, 5) is 25.4. The van der Waals surface area contributed by atoms with Gasteiger partial charge in [-0.15, -0.1) is 0 Å². The normalized spacial score (nSPS) is 10.8. The highest BCUT2D eigenvalue weighted by molar-refractivity contribution is 9.10. The molecule has 0 saturated carbocycles. The fraction of sp³-hybridized carbons (Fsp3) is 0.0833. The predicted octanol–water partition coefficient (Wildman–Crippen LogP) is 5.76. The van der Waals surface area contributed by atoms with Gasteiger partial charge in [0, 0.05) is 10.5 Å². The molecule has 5 nitrogen and oxygen atoms in total. The fourth-order valence-corrected chi connectivity index (χ4v) is 3.46. The average Bonchev–Trinajstić information content (AvgIpc) is 2.74. The molecule has 0 saturated heterocycles. The van der Waals surface area contributed by atoms with Crippen LogP contribution in [0.15, 0.2) is 80.4 Å². The van der Waals surface area contributed by atoms with Crippen LogP contribution in [-0.4, -0.2) is 13.1 Å². The minimum absolute atomic E-state index is 0.148. The lowest BCUT2D eigenvalue weighted by Crippen LogP contribution is -2.10. The first-order valence-electron chi connectivity index (χ1n) is 9.16. The summed E-state index contributed by atoms with van der Waals surface area (Å²) in [6, 6.07) is 18.8.